The molecule has 0 atom stereocenters. The van der Waals surface area contributed by atoms with Crippen molar-refractivity contribution in [2.24, 2.45) is 0 Å². The van der Waals surface area contributed by atoms with Gasteiger partial charge in [-0.05, 0) is 0 Å². The largest absolute Gasteiger partial charge is 0.332 e. The first kappa shape index (κ1) is 7.76. The minimum Gasteiger partial charge on any atom is -0.332 e. The Hall–Kier alpha value is -0.870. The Kier molecular flexibility index (Phi) is 2.10. The molecule has 0 spiro atoms. The van der Waals surface area contributed by atoms with Crippen molar-refractivity contribution in [3.63, 3.8) is 0 Å². The summed E-state index contributed by atoms with van der Waals surface area (Å²) in [5.74, 6) is 0. The zero-order valence-electron chi connectivity index (χ0n) is 6.14. The molecule has 0 saturated carbocycles. The molecule has 3 nitrogen and oxygen atoms in total. The molecule has 12 heavy (non-hydrogen) atoms. The molecule has 5 heteroatoms. The molecular weight excluding hydrogens is 194 g/mol. The summed E-state index contributed by atoms with van der Waals surface area (Å²) in [6.07, 6.45) is 7.22. The molecule has 2 aromatic heterocycles. The lowest BCUT2D eigenvalue weighted by atomic mass is 10.5. The minimum absolute atomic E-state index is 0.588. The van der Waals surface area contributed by atoms with Gasteiger partial charge < -0.3 is 4.57 Å². The second-order valence-electron chi connectivity index (χ2n) is 2.31. The molecule has 0 N–H and O–H groups in total. The predicted octanol–water partition coefficient (Wildman–Crippen LogP) is 2.04. The fourth-order valence-corrected chi connectivity index (χ4v) is 1.90. The fourth-order valence-electron chi connectivity index (χ4n) is 0.917. The summed E-state index contributed by atoms with van der Waals surface area (Å²) in [7, 11) is 0. The van der Waals surface area contributed by atoms with E-state index in [0.717, 1.165) is 11.4 Å². The second-order valence-corrected chi connectivity index (χ2v) is 4.01. The first-order valence-corrected chi connectivity index (χ1v) is 4.60. The highest BCUT2D eigenvalue weighted by atomic mass is 35.5. The average molecular weight is 200 g/mol. The standard InChI is InChI=1S/C7H6ClN3S/c8-7-10-3-6(12-7)4-11-2-1-9-5-11/h1-3,5H,4H2. The van der Waals surface area contributed by atoms with E-state index in [1.165, 1.54) is 11.3 Å². The number of aromatic nitrogens is 3. The Balaban J connectivity index is 2.14. The van der Waals surface area contributed by atoms with Gasteiger partial charge in [0.25, 0.3) is 0 Å². The lowest BCUT2D eigenvalue weighted by Gasteiger charge is -1.95. The molecule has 0 saturated heterocycles. The van der Waals surface area contributed by atoms with Gasteiger partial charge in [0, 0.05) is 23.5 Å². The summed E-state index contributed by atoms with van der Waals surface area (Å²) in [5.41, 5.74) is 0. The highest BCUT2D eigenvalue weighted by Gasteiger charge is 1.99. The van der Waals surface area contributed by atoms with Crippen molar-refractivity contribution in [1.29, 1.82) is 0 Å². The summed E-state index contributed by atoms with van der Waals surface area (Å²) >= 11 is 7.17. The Morgan fingerprint density at radius 1 is 1.58 bits per heavy atom. The van der Waals surface area contributed by atoms with Gasteiger partial charge in [-0.3, -0.25) is 0 Å². The van der Waals surface area contributed by atoms with Gasteiger partial charge in [0.2, 0.25) is 0 Å². The van der Waals surface area contributed by atoms with Crippen LogP contribution in [0.5, 0.6) is 0 Å². The number of rotatable bonds is 2. The van der Waals surface area contributed by atoms with Gasteiger partial charge in [-0.1, -0.05) is 11.6 Å². The molecule has 2 rings (SSSR count). The number of nitrogens with zero attached hydrogens (tertiary/aromatic N) is 3. The van der Waals surface area contributed by atoms with Crippen LogP contribution in [0.2, 0.25) is 4.47 Å². The van der Waals surface area contributed by atoms with Crippen LogP contribution in [0.1, 0.15) is 4.88 Å². The molecule has 0 aliphatic rings. The Morgan fingerprint density at radius 2 is 2.50 bits per heavy atom. The average Bonchev–Trinajstić information content (AvgIpc) is 2.63. The highest BCUT2D eigenvalue weighted by Crippen LogP contribution is 2.18. The van der Waals surface area contributed by atoms with Crippen LogP contribution < -0.4 is 0 Å². The van der Waals surface area contributed by atoms with Crippen LogP contribution in [0.3, 0.4) is 0 Å². The maximum atomic E-state index is 5.68. The summed E-state index contributed by atoms with van der Waals surface area (Å²) in [6.45, 7) is 0.796. The van der Waals surface area contributed by atoms with E-state index in [0.29, 0.717) is 4.47 Å². The van der Waals surface area contributed by atoms with Crippen molar-refractivity contribution >= 4 is 22.9 Å². The first-order valence-electron chi connectivity index (χ1n) is 3.40. The molecular formula is C7H6ClN3S. The molecule has 2 heterocycles. The van der Waals surface area contributed by atoms with E-state index >= 15 is 0 Å². The van der Waals surface area contributed by atoms with E-state index in [1.54, 1.807) is 18.7 Å². The molecule has 0 unspecified atom stereocenters. The normalized spacial score (nSPS) is 10.4. The van der Waals surface area contributed by atoms with E-state index in [9.17, 15) is 0 Å². The van der Waals surface area contributed by atoms with E-state index in [2.05, 4.69) is 9.97 Å². The quantitative estimate of drug-likeness (QED) is 0.741. The van der Waals surface area contributed by atoms with Gasteiger partial charge in [-0.2, -0.15) is 0 Å². The predicted molar refractivity (Wildman–Crippen MR) is 48.5 cm³/mol. The molecule has 0 aliphatic heterocycles. The lowest BCUT2D eigenvalue weighted by molar-refractivity contribution is 0.808. The summed E-state index contributed by atoms with van der Waals surface area (Å²) in [4.78, 5) is 9.02. The van der Waals surface area contributed by atoms with Gasteiger partial charge in [0.1, 0.15) is 0 Å². The maximum Gasteiger partial charge on any atom is 0.183 e. The molecule has 2 aromatic rings. The van der Waals surface area contributed by atoms with Crippen molar-refractivity contribution in [2.75, 3.05) is 0 Å². The summed E-state index contributed by atoms with van der Waals surface area (Å²) in [6, 6.07) is 0. The second kappa shape index (κ2) is 3.25. The highest BCUT2D eigenvalue weighted by molar-refractivity contribution is 7.15. The smallest absolute Gasteiger partial charge is 0.183 e. The SMILES string of the molecule is Clc1ncc(Cn2ccnc2)s1. The molecule has 0 aliphatic carbocycles. The Labute approximate surface area is 78.7 Å². The fraction of sp³-hybridized carbons (Fsp3) is 0.143. The Morgan fingerprint density at radius 3 is 3.08 bits per heavy atom. The third kappa shape index (κ3) is 1.65. The number of hydrogen-bond donors (Lipinski definition) is 0. The van der Waals surface area contributed by atoms with Crippen LogP contribution in [0.4, 0.5) is 0 Å². The minimum atomic E-state index is 0.588. The van der Waals surface area contributed by atoms with Crippen molar-refractivity contribution < 1.29 is 0 Å². The van der Waals surface area contributed by atoms with Gasteiger partial charge in [0.05, 0.1) is 12.9 Å². The maximum absolute atomic E-state index is 5.68. The monoisotopic (exact) mass is 199 g/mol. The van der Waals surface area contributed by atoms with Gasteiger partial charge >= 0.3 is 0 Å². The van der Waals surface area contributed by atoms with Crippen LogP contribution in [0, 0.1) is 0 Å². The zero-order chi connectivity index (χ0) is 8.39. The zero-order valence-corrected chi connectivity index (χ0v) is 7.72. The van der Waals surface area contributed by atoms with Gasteiger partial charge in [-0.25, -0.2) is 9.97 Å². The van der Waals surface area contributed by atoms with Crippen LogP contribution >= 0.6 is 22.9 Å². The van der Waals surface area contributed by atoms with Crippen molar-refractivity contribution in [3.05, 3.63) is 34.3 Å². The molecule has 0 bridgehead atoms. The lowest BCUT2D eigenvalue weighted by Crippen LogP contribution is -1.92. The van der Waals surface area contributed by atoms with Crippen molar-refractivity contribution in [3.8, 4) is 0 Å². The van der Waals surface area contributed by atoms with Crippen LogP contribution in [0.15, 0.2) is 24.9 Å². The molecule has 0 amide bonds. The van der Waals surface area contributed by atoms with E-state index < -0.39 is 0 Å². The van der Waals surface area contributed by atoms with Crippen LogP contribution in [0.25, 0.3) is 0 Å². The van der Waals surface area contributed by atoms with E-state index in [-0.39, 0.29) is 0 Å². The number of halogens is 1. The van der Waals surface area contributed by atoms with Crippen LogP contribution in [-0.4, -0.2) is 14.5 Å². The molecule has 62 valence electrons. The van der Waals surface area contributed by atoms with E-state index in [4.69, 9.17) is 11.6 Å². The number of thiazole rings is 1. The first-order chi connectivity index (χ1) is 5.84. The topological polar surface area (TPSA) is 30.7 Å². The van der Waals surface area contributed by atoms with Gasteiger partial charge in [-0.15, -0.1) is 11.3 Å². The van der Waals surface area contributed by atoms with Gasteiger partial charge in [0.15, 0.2) is 4.47 Å². The van der Waals surface area contributed by atoms with Crippen LogP contribution in [-0.2, 0) is 6.54 Å². The summed E-state index contributed by atoms with van der Waals surface area (Å²) in [5, 5.41) is 0. The number of imidazole rings is 1. The summed E-state index contributed by atoms with van der Waals surface area (Å²) < 4.78 is 2.56. The third-order valence-corrected chi connectivity index (χ3v) is 2.52. The molecule has 0 radical (unpaired) electrons. The van der Waals surface area contributed by atoms with E-state index in [1.807, 2.05) is 10.8 Å². The molecule has 0 fully saturated rings. The molecule has 0 aromatic carbocycles. The number of hydrogen-bond acceptors (Lipinski definition) is 3. The third-order valence-electron chi connectivity index (χ3n) is 1.42. The van der Waals surface area contributed by atoms with Crippen molar-refractivity contribution in [2.45, 2.75) is 6.54 Å². The Bertz CT molecular complexity index is 354. The van der Waals surface area contributed by atoms with Crippen molar-refractivity contribution in [1.82, 2.24) is 14.5 Å².